The van der Waals surface area contributed by atoms with E-state index in [-0.39, 0.29) is 6.10 Å². The molecule has 3 unspecified atom stereocenters. The molecule has 2 bridgehead atoms. The van der Waals surface area contributed by atoms with Gasteiger partial charge in [-0.25, -0.2) is 9.59 Å². The highest BCUT2D eigenvalue weighted by Crippen LogP contribution is 2.43. The van der Waals surface area contributed by atoms with E-state index in [1.807, 2.05) is 6.92 Å². The van der Waals surface area contributed by atoms with Gasteiger partial charge in [-0.2, -0.15) is 0 Å². The van der Waals surface area contributed by atoms with Crippen LogP contribution in [0, 0.1) is 5.92 Å². The zero-order valence-electron chi connectivity index (χ0n) is 8.69. The number of ether oxygens (including phenoxy) is 2. The Labute approximate surface area is 88.2 Å². The summed E-state index contributed by atoms with van der Waals surface area (Å²) in [5, 5.41) is 0. The van der Waals surface area contributed by atoms with Gasteiger partial charge >= 0.3 is 11.9 Å². The molecule has 1 aliphatic heterocycles. The normalized spacial score (nSPS) is 38.3. The summed E-state index contributed by atoms with van der Waals surface area (Å²) < 4.78 is 10.3. The van der Waals surface area contributed by atoms with E-state index >= 15 is 0 Å². The van der Waals surface area contributed by atoms with Crippen LogP contribution in [0.25, 0.3) is 0 Å². The van der Waals surface area contributed by atoms with Crippen LogP contribution in [0.5, 0.6) is 0 Å². The molecule has 4 heteroatoms. The quantitative estimate of drug-likeness (QED) is 0.507. The van der Waals surface area contributed by atoms with Crippen LogP contribution in [0.2, 0.25) is 0 Å². The molecule has 0 spiro atoms. The average Bonchev–Trinajstić information content (AvgIpc) is 2.48. The van der Waals surface area contributed by atoms with Crippen molar-refractivity contribution in [3.05, 3.63) is 12.7 Å². The Kier molecular flexibility index (Phi) is 2.29. The first-order chi connectivity index (χ1) is 7.07. The Morgan fingerprint density at radius 2 is 2.47 bits per heavy atom. The Hall–Kier alpha value is -1.32. The van der Waals surface area contributed by atoms with Crippen molar-refractivity contribution in [3.8, 4) is 0 Å². The van der Waals surface area contributed by atoms with Crippen molar-refractivity contribution in [2.75, 3.05) is 0 Å². The minimum Gasteiger partial charge on any atom is -0.459 e. The molecule has 0 aromatic carbocycles. The Balaban J connectivity index is 2.18. The maximum atomic E-state index is 11.6. The predicted octanol–water partition coefficient (Wildman–Crippen LogP) is 1.20. The van der Waals surface area contributed by atoms with E-state index in [0.29, 0.717) is 18.8 Å². The molecule has 2 rings (SSSR count). The molecule has 1 saturated carbocycles. The highest BCUT2D eigenvalue weighted by Gasteiger charge is 2.56. The van der Waals surface area contributed by atoms with Crippen LogP contribution in [0.3, 0.4) is 0 Å². The van der Waals surface area contributed by atoms with Crippen LogP contribution in [-0.2, 0) is 19.1 Å². The number of rotatable bonds is 2. The molecule has 82 valence electrons. The van der Waals surface area contributed by atoms with E-state index in [9.17, 15) is 9.59 Å². The molecule has 4 nitrogen and oxygen atoms in total. The predicted molar refractivity (Wildman–Crippen MR) is 51.9 cm³/mol. The van der Waals surface area contributed by atoms with E-state index in [1.165, 1.54) is 0 Å². The lowest BCUT2D eigenvalue weighted by molar-refractivity contribution is -0.169. The van der Waals surface area contributed by atoms with Gasteiger partial charge in [-0.1, -0.05) is 13.5 Å². The Bertz CT molecular complexity index is 323. The highest BCUT2D eigenvalue weighted by atomic mass is 16.6. The first-order valence-corrected chi connectivity index (χ1v) is 5.14. The van der Waals surface area contributed by atoms with Gasteiger partial charge < -0.3 is 9.47 Å². The number of hydrogen-bond acceptors (Lipinski definition) is 4. The van der Waals surface area contributed by atoms with E-state index in [4.69, 9.17) is 9.47 Å². The van der Waals surface area contributed by atoms with Gasteiger partial charge in [0.15, 0.2) is 0 Å². The van der Waals surface area contributed by atoms with Crippen molar-refractivity contribution in [1.82, 2.24) is 0 Å². The zero-order valence-corrected chi connectivity index (χ0v) is 8.69. The zero-order chi connectivity index (χ0) is 11.1. The molecule has 1 heterocycles. The molecule has 3 atom stereocenters. The van der Waals surface area contributed by atoms with Gasteiger partial charge in [-0.3, -0.25) is 0 Å². The van der Waals surface area contributed by atoms with Gasteiger partial charge in [0.25, 0.3) is 0 Å². The third-order valence-corrected chi connectivity index (χ3v) is 3.26. The molecule has 15 heavy (non-hydrogen) atoms. The summed E-state index contributed by atoms with van der Waals surface area (Å²) in [6.45, 7) is 5.36. The van der Waals surface area contributed by atoms with Crippen LogP contribution >= 0.6 is 0 Å². The topological polar surface area (TPSA) is 52.6 Å². The standard InChI is InChI=1S/C11H14O4/c1-3-9(12)15-11-5-4-7(2)8(6-11)14-10(11)13/h3,7-8H,1,4-6H2,2H3. The molecule has 0 aromatic rings. The lowest BCUT2D eigenvalue weighted by Crippen LogP contribution is -2.42. The molecule has 0 amide bonds. The van der Waals surface area contributed by atoms with E-state index in [1.54, 1.807) is 0 Å². The van der Waals surface area contributed by atoms with Crippen LogP contribution in [0.15, 0.2) is 12.7 Å². The molecule has 1 saturated heterocycles. The molecule has 0 aromatic heterocycles. The molecular weight excluding hydrogens is 196 g/mol. The summed E-state index contributed by atoms with van der Waals surface area (Å²) >= 11 is 0. The second-order valence-electron chi connectivity index (χ2n) is 4.28. The lowest BCUT2D eigenvalue weighted by atomic mass is 9.80. The van der Waals surface area contributed by atoms with E-state index in [2.05, 4.69) is 6.58 Å². The maximum absolute atomic E-state index is 11.6. The first-order valence-electron chi connectivity index (χ1n) is 5.14. The van der Waals surface area contributed by atoms with Gasteiger partial charge in [0, 0.05) is 12.5 Å². The third kappa shape index (κ3) is 1.54. The summed E-state index contributed by atoms with van der Waals surface area (Å²) in [6.07, 6.45) is 2.88. The number of carbonyl (C=O) groups is 2. The minimum atomic E-state index is -1.03. The van der Waals surface area contributed by atoms with Crippen molar-refractivity contribution in [2.24, 2.45) is 5.92 Å². The number of esters is 2. The van der Waals surface area contributed by atoms with Crippen molar-refractivity contribution in [1.29, 1.82) is 0 Å². The van der Waals surface area contributed by atoms with Crippen molar-refractivity contribution >= 4 is 11.9 Å². The van der Waals surface area contributed by atoms with Crippen LogP contribution < -0.4 is 0 Å². The average molecular weight is 210 g/mol. The van der Waals surface area contributed by atoms with Crippen molar-refractivity contribution < 1.29 is 19.1 Å². The number of fused-ring (bicyclic) bond motifs is 2. The fourth-order valence-corrected chi connectivity index (χ4v) is 2.23. The van der Waals surface area contributed by atoms with Crippen molar-refractivity contribution in [3.63, 3.8) is 0 Å². The van der Waals surface area contributed by atoms with Gasteiger partial charge in [-0.05, 0) is 18.8 Å². The van der Waals surface area contributed by atoms with Gasteiger partial charge in [0.1, 0.15) is 6.10 Å². The fraction of sp³-hybridized carbons (Fsp3) is 0.636. The summed E-state index contributed by atoms with van der Waals surface area (Å²) in [5.41, 5.74) is -1.03. The SMILES string of the molecule is C=CC(=O)OC12CCC(C)C(C1)OC2=O. The molecule has 1 aliphatic carbocycles. The summed E-state index contributed by atoms with van der Waals surface area (Å²) in [5.74, 6) is -0.596. The van der Waals surface area contributed by atoms with Gasteiger partial charge in [-0.15, -0.1) is 0 Å². The summed E-state index contributed by atoms with van der Waals surface area (Å²) in [4.78, 5) is 22.8. The first kappa shape index (κ1) is 10.2. The Morgan fingerprint density at radius 3 is 3.13 bits per heavy atom. The molecular formula is C11H14O4. The largest absolute Gasteiger partial charge is 0.459 e. The van der Waals surface area contributed by atoms with Crippen molar-refractivity contribution in [2.45, 2.75) is 37.9 Å². The molecule has 2 fully saturated rings. The number of carbonyl (C=O) groups excluding carboxylic acids is 2. The second kappa shape index (κ2) is 3.36. The van der Waals surface area contributed by atoms with Gasteiger partial charge in [0.05, 0.1) is 0 Å². The molecule has 0 N–H and O–H groups in total. The van der Waals surface area contributed by atoms with E-state index < -0.39 is 17.5 Å². The van der Waals surface area contributed by atoms with Crippen LogP contribution in [0.4, 0.5) is 0 Å². The monoisotopic (exact) mass is 210 g/mol. The highest BCUT2D eigenvalue weighted by molar-refractivity contribution is 5.89. The summed E-state index contributed by atoms with van der Waals surface area (Å²) in [7, 11) is 0. The summed E-state index contributed by atoms with van der Waals surface area (Å²) in [6, 6.07) is 0. The minimum absolute atomic E-state index is 0.0936. The third-order valence-electron chi connectivity index (χ3n) is 3.26. The molecule has 2 aliphatic rings. The van der Waals surface area contributed by atoms with Crippen LogP contribution in [0.1, 0.15) is 26.2 Å². The van der Waals surface area contributed by atoms with Crippen LogP contribution in [-0.4, -0.2) is 23.6 Å². The fourth-order valence-electron chi connectivity index (χ4n) is 2.23. The van der Waals surface area contributed by atoms with Gasteiger partial charge in [0.2, 0.25) is 5.60 Å². The smallest absolute Gasteiger partial charge is 0.351 e. The lowest BCUT2D eigenvalue weighted by Gasteiger charge is -2.30. The number of hydrogen-bond donors (Lipinski definition) is 0. The molecule has 0 radical (unpaired) electrons. The maximum Gasteiger partial charge on any atom is 0.351 e. The van der Waals surface area contributed by atoms with E-state index in [0.717, 1.165) is 12.5 Å². The second-order valence-corrected chi connectivity index (χ2v) is 4.28. The Morgan fingerprint density at radius 1 is 1.73 bits per heavy atom.